The Bertz CT molecular complexity index is 1140. The van der Waals surface area contributed by atoms with Crippen LogP contribution in [0.2, 0.25) is 0 Å². The second-order valence-corrected chi connectivity index (χ2v) is 7.36. The van der Waals surface area contributed by atoms with Gasteiger partial charge in [-0.05, 0) is 18.2 Å². The number of aromatic amines is 1. The largest absolute Gasteiger partial charge is 0.352 e. The average molecular weight is 423 g/mol. The first-order chi connectivity index (χ1) is 14.3. The number of carbonyl (C=O) groups is 2. The molecule has 0 spiro atoms. The summed E-state index contributed by atoms with van der Waals surface area (Å²) >= 11 is 0. The molecule has 158 valence electrons. The van der Waals surface area contributed by atoms with Gasteiger partial charge in [-0.1, -0.05) is 12.1 Å². The van der Waals surface area contributed by atoms with E-state index in [0.29, 0.717) is 17.7 Å². The Morgan fingerprint density at radius 1 is 1.30 bits per heavy atom. The lowest BCUT2D eigenvalue weighted by atomic mass is 9.98. The van der Waals surface area contributed by atoms with Gasteiger partial charge in [0.1, 0.15) is 5.69 Å². The molecule has 1 N–H and O–H groups in total. The van der Waals surface area contributed by atoms with E-state index in [1.807, 2.05) is 0 Å². The molecule has 4 rings (SSSR count). The van der Waals surface area contributed by atoms with Crippen molar-refractivity contribution in [2.24, 2.45) is 5.92 Å². The molecule has 0 aliphatic carbocycles. The third-order valence-electron chi connectivity index (χ3n) is 5.24. The van der Waals surface area contributed by atoms with Crippen molar-refractivity contribution in [1.82, 2.24) is 15.0 Å². The van der Waals surface area contributed by atoms with Gasteiger partial charge in [0.05, 0.1) is 12.2 Å². The highest BCUT2D eigenvalue weighted by atomic mass is 19.3. The van der Waals surface area contributed by atoms with Crippen LogP contribution < -0.4 is 0 Å². The van der Waals surface area contributed by atoms with Gasteiger partial charge in [-0.2, -0.15) is 0 Å². The maximum Gasteiger partial charge on any atom is 0.270 e. The van der Waals surface area contributed by atoms with Crippen LogP contribution in [0.4, 0.5) is 17.6 Å². The standard InChI is InChI=1S/C20H17F4N3O3/c1-9(19(23)24)6-16(28)18-11-8-27(5-4-14(11)26-30-18)20(29)15-7-10-13(25-15)3-2-12(21)17(10)22/h2-3,7,9,19,25H,4-6,8H2,1H3/t9-/m0/s1. The van der Waals surface area contributed by atoms with Gasteiger partial charge in [-0.3, -0.25) is 9.59 Å². The van der Waals surface area contributed by atoms with Crippen molar-refractivity contribution < 1.29 is 31.7 Å². The number of Topliss-reactive ketones (excluding diaryl/α,β-unsaturated/α-hetero) is 1. The number of benzene rings is 1. The Morgan fingerprint density at radius 3 is 2.80 bits per heavy atom. The zero-order valence-electron chi connectivity index (χ0n) is 15.8. The number of nitrogens with zero attached hydrogens (tertiary/aromatic N) is 2. The molecule has 0 saturated carbocycles. The number of aromatic nitrogens is 2. The minimum Gasteiger partial charge on any atom is -0.352 e. The topological polar surface area (TPSA) is 79.2 Å². The van der Waals surface area contributed by atoms with Gasteiger partial charge in [0.25, 0.3) is 5.91 Å². The van der Waals surface area contributed by atoms with E-state index in [4.69, 9.17) is 4.52 Å². The predicted octanol–water partition coefficient (Wildman–Crippen LogP) is 4.11. The summed E-state index contributed by atoms with van der Waals surface area (Å²) in [5, 5.41) is 3.79. The fraction of sp³-hybridized carbons (Fsp3) is 0.350. The van der Waals surface area contributed by atoms with E-state index < -0.39 is 42.1 Å². The Labute approximate surface area is 167 Å². The van der Waals surface area contributed by atoms with Crippen molar-refractivity contribution in [3.05, 3.63) is 52.5 Å². The van der Waals surface area contributed by atoms with Crippen LogP contribution in [0.15, 0.2) is 22.7 Å². The van der Waals surface area contributed by atoms with Gasteiger partial charge >= 0.3 is 0 Å². The first-order valence-corrected chi connectivity index (χ1v) is 9.31. The molecule has 2 aromatic heterocycles. The highest BCUT2D eigenvalue weighted by Gasteiger charge is 2.32. The van der Waals surface area contributed by atoms with Gasteiger partial charge in [0.2, 0.25) is 18.0 Å². The summed E-state index contributed by atoms with van der Waals surface area (Å²) < 4.78 is 58.0. The zero-order chi connectivity index (χ0) is 21.6. The van der Waals surface area contributed by atoms with Crippen molar-refractivity contribution in [1.29, 1.82) is 0 Å². The summed E-state index contributed by atoms with van der Waals surface area (Å²) in [6.45, 7) is 1.53. The van der Waals surface area contributed by atoms with Gasteiger partial charge in [0, 0.05) is 41.8 Å². The molecule has 1 aliphatic rings. The van der Waals surface area contributed by atoms with Crippen molar-refractivity contribution in [3.63, 3.8) is 0 Å². The summed E-state index contributed by atoms with van der Waals surface area (Å²) in [5.41, 5.74) is 1.22. The Morgan fingerprint density at radius 2 is 2.07 bits per heavy atom. The van der Waals surface area contributed by atoms with E-state index in [0.717, 1.165) is 6.07 Å². The van der Waals surface area contributed by atoms with Crippen LogP contribution in [0.1, 0.15) is 45.6 Å². The van der Waals surface area contributed by atoms with Crippen LogP contribution in [-0.2, 0) is 13.0 Å². The molecule has 3 aromatic rings. The van der Waals surface area contributed by atoms with Crippen molar-refractivity contribution in [2.75, 3.05) is 6.54 Å². The lowest BCUT2D eigenvalue weighted by Gasteiger charge is -2.25. The van der Waals surface area contributed by atoms with Crippen molar-refractivity contribution in [2.45, 2.75) is 32.7 Å². The molecule has 3 heterocycles. The second-order valence-electron chi connectivity index (χ2n) is 7.36. The number of hydrogen-bond donors (Lipinski definition) is 1. The minimum absolute atomic E-state index is 0.00594. The highest BCUT2D eigenvalue weighted by Crippen LogP contribution is 2.27. The number of alkyl halides is 2. The first kappa shape index (κ1) is 20.1. The smallest absolute Gasteiger partial charge is 0.270 e. The van der Waals surface area contributed by atoms with Crippen LogP contribution >= 0.6 is 0 Å². The van der Waals surface area contributed by atoms with E-state index in [9.17, 15) is 27.2 Å². The molecular weight excluding hydrogens is 406 g/mol. The lowest BCUT2D eigenvalue weighted by molar-refractivity contribution is 0.0669. The Hall–Kier alpha value is -3.17. The van der Waals surface area contributed by atoms with Crippen LogP contribution in [0.5, 0.6) is 0 Å². The summed E-state index contributed by atoms with van der Waals surface area (Å²) in [6.07, 6.45) is -2.73. The number of nitrogens with one attached hydrogen (secondary N) is 1. The third kappa shape index (κ3) is 3.46. The highest BCUT2D eigenvalue weighted by molar-refractivity contribution is 5.99. The van der Waals surface area contributed by atoms with E-state index in [1.165, 1.54) is 24.0 Å². The minimum atomic E-state index is -2.64. The number of halogens is 4. The van der Waals surface area contributed by atoms with Gasteiger partial charge in [-0.15, -0.1) is 0 Å². The maximum atomic E-state index is 13.9. The number of rotatable bonds is 5. The van der Waals surface area contributed by atoms with Gasteiger partial charge in [0.15, 0.2) is 11.6 Å². The van der Waals surface area contributed by atoms with Crippen LogP contribution in [0.25, 0.3) is 10.9 Å². The SMILES string of the molecule is C[C@@H](CC(=O)c1onc2c1CN(C(=O)c1cc3c(F)c(F)ccc3[nH]1)CC2)C(F)F. The predicted molar refractivity (Wildman–Crippen MR) is 97.3 cm³/mol. The number of amides is 1. The van der Waals surface area contributed by atoms with Gasteiger partial charge < -0.3 is 14.4 Å². The molecule has 0 saturated heterocycles. The Balaban J connectivity index is 1.57. The molecule has 0 bridgehead atoms. The molecule has 0 fully saturated rings. The van der Waals surface area contributed by atoms with Crippen molar-refractivity contribution >= 4 is 22.6 Å². The molecule has 0 unspecified atom stereocenters. The van der Waals surface area contributed by atoms with Crippen LogP contribution in [-0.4, -0.2) is 39.7 Å². The molecule has 10 heteroatoms. The number of fused-ring (bicyclic) bond motifs is 2. The Kier molecular flexibility index (Phi) is 5.08. The fourth-order valence-corrected chi connectivity index (χ4v) is 3.51. The molecule has 1 atom stereocenters. The number of H-pyrrole nitrogens is 1. The first-order valence-electron chi connectivity index (χ1n) is 9.31. The summed E-state index contributed by atoms with van der Waals surface area (Å²) in [5.74, 6) is -4.41. The zero-order valence-corrected chi connectivity index (χ0v) is 15.8. The fourth-order valence-electron chi connectivity index (χ4n) is 3.51. The molecular formula is C20H17F4N3O3. The monoisotopic (exact) mass is 423 g/mol. The van der Waals surface area contributed by atoms with Crippen molar-refractivity contribution in [3.8, 4) is 0 Å². The van der Waals surface area contributed by atoms with E-state index in [-0.39, 0.29) is 35.4 Å². The molecule has 0 radical (unpaired) electrons. The number of hydrogen-bond acceptors (Lipinski definition) is 4. The number of ketones is 1. The quantitative estimate of drug-likeness (QED) is 0.495. The van der Waals surface area contributed by atoms with E-state index in [1.54, 1.807) is 0 Å². The van der Waals surface area contributed by atoms with Crippen LogP contribution in [0, 0.1) is 17.6 Å². The van der Waals surface area contributed by atoms with E-state index in [2.05, 4.69) is 10.1 Å². The molecule has 30 heavy (non-hydrogen) atoms. The molecule has 6 nitrogen and oxygen atoms in total. The number of carbonyl (C=O) groups excluding carboxylic acids is 2. The average Bonchev–Trinajstić information content (AvgIpc) is 3.34. The second kappa shape index (κ2) is 7.58. The molecule has 1 amide bonds. The normalized spacial score (nSPS) is 14.9. The summed E-state index contributed by atoms with van der Waals surface area (Å²) in [6, 6.07) is 3.53. The summed E-state index contributed by atoms with van der Waals surface area (Å²) in [7, 11) is 0. The lowest BCUT2D eigenvalue weighted by Crippen LogP contribution is -2.36. The van der Waals surface area contributed by atoms with Crippen LogP contribution in [0.3, 0.4) is 0 Å². The van der Waals surface area contributed by atoms with E-state index >= 15 is 0 Å². The summed E-state index contributed by atoms with van der Waals surface area (Å²) in [4.78, 5) is 29.4. The molecule has 1 aliphatic heterocycles. The van der Waals surface area contributed by atoms with Gasteiger partial charge in [-0.25, -0.2) is 17.6 Å². The third-order valence-corrected chi connectivity index (χ3v) is 5.24. The maximum absolute atomic E-state index is 13.9. The molecule has 1 aromatic carbocycles.